The van der Waals surface area contributed by atoms with Crippen LogP contribution in [0.15, 0.2) is 42.6 Å². The predicted molar refractivity (Wildman–Crippen MR) is 96.3 cm³/mol. The summed E-state index contributed by atoms with van der Waals surface area (Å²) in [5.74, 6) is 1.66. The second-order valence-electron chi connectivity index (χ2n) is 6.11. The Morgan fingerprint density at radius 3 is 2.79 bits per heavy atom. The zero-order valence-electron chi connectivity index (χ0n) is 14.1. The lowest BCUT2D eigenvalue weighted by Gasteiger charge is -2.15. The molecule has 2 aromatic carbocycles. The van der Waals surface area contributed by atoms with Crippen molar-refractivity contribution in [2.45, 2.75) is 33.4 Å². The molecule has 122 valence electrons. The van der Waals surface area contributed by atoms with E-state index in [2.05, 4.69) is 35.2 Å². The maximum Gasteiger partial charge on any atom is 0.176 e. The number of aryl methyl sites for hydroxylation is 1. The number of nitrogens with one attached hydrogen (secondary N) is 1. The van der Waals surface area contributed by atoms with E-state index in [1.165, 1.54) is 5.39 Å². The van der Waals surface area contributed by atoms with Gasteiger partial charge in [0.2, 0.25) is 0 Å². The Labute approximate surface area is 140 Å². The van der Waals surface area contributed by atoms with Gasteiger partial charge in [-0.15, -0.1) is 0 Å². The molecule has 24 heavy (non-hydrogen) atoms. The van der Waals surface area contributed by atoms with E-state index in [1.54, 1.807) is 0 Å². The number of hydrogen-bond acceptors (Lipinski definition) is 3. The average molecular weight is 320 g/mol. The molecular weight excluding hydrogens is 300 g/mol. The molecule has 0 aliphatic heterocycles. The molecule has 0 amide bonds. The van der Waals surface area contributed by atoms with E-state index in [0.717, 1.165) is 40.2 Å². The molecule has 0 atom stereocenters. The first-order chi connectivity index (χ1) is 11.7. The molecule has 0 spiro atoms. The number of benzene rings is 2. The van der Waals surface area contributed by atoms with E-state index in [4.69, 9.17) is 9.72 Å². The van der Waals surface area contributed by atoms with Crippen LogP contribution in [0.4, 0.5) is 0 Å². The lowest BCUT2D eigenvalue weighted by atomic mass is 10.0. The van der Waals surface area contributed by atoms with Crippen molar-refractivity contribution in [3.63, 3.8) is 0 Å². The molecule has 2 aromatic heterocycles. The Bertz CT molecular complexity index is 1010. The molecule has 0 unspecified atom stereocenters. The van der Waals surface area contributed by atoms with Crippen LogP contribution in [0.3, 0.4) is 0 Å². The Morgan fingerprint density at radius 1 is 1.17 bits per heavy atom. The van der Waals surface area contributed by atoms with Gasteiger partial charge in [0.1, 0.15) is 17.1 Å². The fraction of sp³-hybridized carbons (Fsp3) is 0.263. The molecule has 2 heterocycles. The standard InChI is InChI=1S/C19H20N4O/c1-4-23-19-15(11-20-23)21-18(22-19)17-14-8-6-5-7-13(14)9-10-16(17)24-12(2)3/h5-12H,4H2,1-3H3,(H,21,22). The molecule has 0 aliphatic carbocycles. The fourth-order valence-corrected chi connectivity index (χ4v) is 3.04. The van der Waals surface area contributed by atoms with Crippen molar-refractivity contribution in [3.8, 4) is 17.1 Å². The smallest absolute Gasteiger partial charge is 0.176 e. The quantitative estimate of drug-likeness (QED) is 0.607. The summed E-state index contributed by atoms with van der Waals surface area (Å²) in [6.07, 6.45) is 1.92. The summed E-state index contributed by atoms with van der Waals surface area (Å²) in [4.78, 5) is 8.19. The van der Waals surface area contributed by atoms with Crippen LogP contribution in [0.1, 0.15) is 20.8 Å². The molecule has 0 saturated carbocycles. The van der Waals surface area contributed by atoms with Gasteiger partial charge in [-0.1, -0.05) is 30.3 Å². The van der Waals surface area contributed by atoms with E-state index >= 15 is 0 Å². The molecule has 5 heteroatoms. The van der Waals surface area contributed by atoms with E-state index in [1.807, 2.05) is 42.9 Å². The van der Waals surface area contributed by atoms with Crippen LogP contribution in [0.2, 0.25) is 0 Å². The highest BCUT2D eigenvalue weighted by Gasteiger charge is 2.17. The van der Waals surface area contributed by atoms with Gasteiger partial charge in [-0.2, -0.15) is 5.10 Å². The number of H-pyrrole nitrogens is 1. The first kappa shape index (κ1) is 14.8. The van der Waals surface area contributed by atoms with Crippen molar-refractivity contribution >= 4 is 21.9 Å². The summed E-state index contributed by atoms with van der Waals surface area (Å²) in [5.41, 5.74) is 2.81. The third kappa shape index (κ3) is 2.33. The molecule has 0 radical (unpaired) electrons. The van der Waals surface area contributed by atoms with E-state index in [9.17, 15) is 0 Å². The van der Waals surface area contributed by atoms with Gasteiger partial charge >= 0.3 is 0 Å². The Kier molecular flexibility index (Phi) is 3.49. The summed E-state index contributed by atoms with van der Waals surface area (Å²) >= 11 is 0. The van der Waals surface area contributed by atoms with Gasteiger partial charge in [0.25, 0.3) is 0 Å². The van der Waals surface area contributed by atoms with Crippen LogP contribution < -0.4 is 4.74 Å². The van der Waals surface area contributed by atoms with Crippen LogP contribution >= 0.6 is 0 Å². The van der Waals surface area contributed by atoms with Crippen LogP contribution in [-0.4, -0.2) is 25.9 Å². The van der Waals surface area contributed by atoms with Crippen molar-refractivity contribution in [1.29, 1.82) is 0 Å². The summed E-state index contributed by atoms with van der Waals surface area (Å²) in [6.45, 7) is 6.92. The lowest BCUT2D eigenvalue weighted by Crippen LogP contribution is -2.07. The predicted octanol–water partition coefficient (Wildman–Crippen LogP) is 4.39. The van der Waals surface area contributed by atoms with Gasteiger partial charge in [0.05, 0.1) is 17.9 Å². The lowest BCUT2D eigenvalue weighted by molar-refractivity contribution is 0.243. The molecule has 4 rings (SSSR count). The third-order valence-corrected chi connectivity index (χ3v) is 4.07. The first-order valence-electron chi connectivity index (χ1n) is 8.27. The number of aromatic amines is 1. The van der Waals surface area contributed by atoms with Crippen LogP contribution in [0, 0.1) is 0 Å². The normalized spacial score (nSPS) is 11.7. The summed E-state index contributed by atoms with van der Waals surface area (Å²) < 4.78 is 7.95. The zero-order valence-corrected chi connectivity index (χ0v) is 14.1. The van der Waals surface area contributed by atoms with Gasteiger partial charge < -0.3 is 9.72 Å². The van der Waals surface area contributed by atoms with Gasteiger partial charge in [0.15, 0.2) is 5.65 Å². The van der Waals surface area contributed by atoms with Crippen molar-refractivity contribution in [2.24, 2.45) is 0 Å². The second-order valence-corrected chi connectivity index (χ2v) is 6.11. The number of imidazole rings is 1. The van der Waals surface area contributed by atoms with E-state index in [0.29, 0.717) is 0 Å². The van der Waals surface area contributed by atoms with Crippen molar-refractivity contribution < 1.29 is 4.74 Å². The Hall–Kier alpha value is -2.82. The Balaban J connectivity index is 1.99. The van der Waals surface area contributed by atoms with Crippen molar-refractivity contribution in [3.05, 3.63) is 42.6 Å². The highest BCUT2D eigenvalue weighted by molar-refractivity contribution is 5.99. The van der Waals surface area contributed by atoms with Gasteiger partial charge in [-0.3, -0.25) is 0 Å². The number of nitrogens with zero attached hydrogens (tertiary/aromatic N) is 3. The molecule has 5 nitrogen and oxygen atoms in total. The minimum Gasteiger partial charge on any atom is -0.490 e. The van der Waals surface area contributed by atoms with Crippen molar-refractivity contribution in [2.75, 3.05) is 0 Å². The van der Waals surface area contributed by atoms with E-state index < -0.39 is 0 Å². The minimum atomic E-state index is 0.0976. The van der Waals surface area contributed by atoms with Crippen molar-refractivity contribution in [1.82, 2.24) is 19.7 Å². The average Bonchev–Trinajstić information content (AvgIpc) is 3.14. The Morgan fingerprint density at radius 2 is 2.00 bits per heavy atom. The highest BCUT2D eigenvalue weighted by atomic mass is 16.5. The first-order valence-corrected chi connectivity index (χ1v) is 8.27. The summed E-state index contributed by atoms with van der Waals surface area (Å²) in [5, 5.41) is 6.63. The number of rotatable bonds is 4. The van der Waals surface area contributed by atoms with Gasteiger partial charge in [-0.25, -0.2) is 9.67 Å². The van der Waals surface area contributed by atoms with Crippen LogP contribution in [0.5, 0.6) is 5.75 Å². The second kappa shape index (κ2) is 5.67. The minimum absolute atomic E-state index is 0.0976. The monoisotopic (exact) mass is 320 g/mol. The topological polar surface area (TPSA) is 55.7 Å². The maximum atomic E-state index is 6.05. The molecule has 0 aliphatic rings. The summed E-state index contributed by atoms with van der Waals surface area (Å²) in [6, 6.07) is 12.4. The highest BCUT2D eigenvalue weighted by Crippen LogP contribution is 2.37. The third-order valence-electron chi connectivity index (χ3n) is 4.07. The van der Waals surface area contributed by atoms with E-state index in [-0.39, 0.29) is 6.10 Å². The number of aromatic nitrogens is 4. The van der Waals surface area contributed by atoms with Crippen LogP contribution in [-0.2, 0) is 6.54 Å². The molecular formula is C19H20N4O. The molecule has 1 N–H and O–H groups in total. The molecule has 0 bridgehead atoms. The number of fused-ring (bicyclic) bond motifs is 2. The largest absolute Gasteiger partial charge is 0.490 e. The number of hydrogen-bond donors (Lipinski definition) is 1. The van der Waals surface area contributed by atoms with Crippen LogP contribution in [0.25, 0.3) is 33.3 Å². The van der Waals surface area contributed by atoms with Gasteiger partial charge in [-0.05, 0) is 37.6 Å². The van der Waals surface area contributed by atoms with Gasteiger partial charge in [0, 0.05) is 6.54 Å². The fourth-order valence-electron chi connectivity index (χ4n) is 3.04. The molecule has 4 aromatic rings. The SMILES string of the molecule is CCn1ncc2[nH]c(-c3c(OC(C)C)ccc4ccccc34)nc21. The zero-order chi connectivity index (χ0) is 16.7. The maximum absolute atomic E-state index is 6.05. The molecule has 0 fully saturated rings. The molecule has 0 saturated heterocycles. The summed E-state index contributed by atoms with van der Waals surface area (Å²) in [7, 11) is 0. The number of ether oxygens (including phenoxy) is 1.